The molecule has 0 atom stereocenters. The van der Waals surface area contributed by atoms with E-state index in [4.69, 9.17) is 0 Å². The van der Waals surface area contributed by atoms with Crippen LogP contribution < -0.4 is 0 Å². The third kappa shape index (κ3) is 4.03. The lowest BCUT2D eigenvalue weighted by molar-refractivity contribution is -0.110. The third-order valence-electron chi connectivity index (χ3n) is 2.86. The maximum atomic E-state index is 11.1. The minimum Gasteiger partial charge on any atom is -0.323 e. The molecule has 0 radical (unpaired) electrons. The molecule has 0 bridgehead atoms. The highest BCUT2D eigenvalue weighted by Crippen LogP contribution is 2.08. The van der Waals surface area contributed by atoms with Crippen molar-refractivity contribution in [2.45, 2.75) is 19.6 Å². The maximum Gasteiger partial charge on any atom is 0.178 e. The van der Waals surface area contributed by atoms with Crippen LogP contribution in [0, 0.1) is 0 Å². The first-order valence-electron chi connectivity index (χ1n) is 6.44. The number of hydrogen-bond donors (Lipinski definition) is 0. The second-order valence-corrected chi connectivity index (χ2v) is 7.55. The van der Waals surface area contributed by atoms with E-state index in [2.05, 4.69) is 35.0 Å². The van der Waals surface area contributed by atoms with E-state index < -0.39 is 8.96 Å². The predicted molar refractivity (Wildman–Crippen MR) is 81.6 cm³/mol. The molecule has 1 aromatic rings. The Balaban J connectivity index is 2.13. The van der Waals surface area contributed by atoms with Crippen LogP contribution in [-0.2, 0) is 11.3 Å². The minimum atomic E-state index is -1.05. The molecule has 0 heterocycles. The second-order valence-electron chi connectivity index (χ2n) is 4.77. The summed E-state index contributed by atoms with van der Waals surface area (Å²) >= 11 is 0. The molecule has 0 saturated carbocycles. The number of rotatable bonds is 4. The molecule has 0 saturated heterocycles. The maximum absolute atomic E-state index is 11.1. The first-order chi connectivity index (χ1) is 9.15. The Bertz CT molecular complexity index is 514. The van der Waals surface area contributed by atoms with Crippen molar-refractivity contribution in [3.05, 3.63) is 60.2 Å². The zero-order valence-corrected chi connectivity index (χ0v) is 12.4. The Kier molecular flexibility index (Phi) is 4.47. The van der Waals surface area contributed by atoms with Gasteiger partial charge in [0.05, 0.1) is 12.3 Å². The molecule has 4 heteroatoms. The van der Waals surface area contributed by atoms with E-state index in [-0.39, 0.29) is 5.78 Å². The van der Waals surface area contributed by atoms with Crippen LogP contribution >= 0.6 is 0 Å². The molecule has 0 aromatic heterocycles. The number of hydrazone groups is 1. The number of benzene rings is 1. The number of hydrogen-bond acceptors (Lipinski definition) is 3. The quantitative estimate of drug-likeness (QED) is 0.478. The SMILES string of the molecule is C[SiH](C)N(Cc1ccccc1)N=C1C=CC(=O)C=C1. The van der Waals surface area contributed by atoms with Crippen LogP contribution in [0.25, 0.3) is 0 Å². The smallest absolute Gasteiger partial charge is 0.178 e. The van der Waals surface area contributed by atoms with Gasteiger partial charge in [0.1, 0.15) is 0 Å². The topological polar surface area (TPSA) is 32.7 Å². The summed E-state index contributed by atoms with van der Waals surface area (Å²) < 4.78 is 2.16. The lowest BCUT2D eigenvalue weighted by atomic mass is 10.2. The van der Waals surface area contributed by atoms with Crippen LogP contribution in [0.3, 0.4) is 0 Å². The van der Waals surface area contributed by atoms with E-state index in [1.807, 2.05) is 18.2 Å². The van der Waals surface area contributed by atoms with Gasteiger partial charge in [-0.15, -0.1) is 0 Å². The van der Waals surface area contributed by atoms with Gasteiger partial charge in [0.15, 0.2) is 14.7 Å². The van der Waals surface area contributed by atoms with Crippen molar-refractivity contribution in [3.8, 4) is 0 Å². The number of allylic oxidation sites excluding steroid dienone is 4. The molecule has 0 aliphatic heterocycles. The lowest BCUT2D eigenvalue weighted by Crippen LogP contribution is -2.30. The lowest BCUT2D eigenvalue weighted by Gasteiger charge is -2.24. The zero-order valence-electron chi connectivity index (χ0n) is 11.3. The van der Waals surface area contributed by atoms with Gasteiger partial charge in [-0.05, 0) is 29.9 Å². The largest absolute Gasteiger partial charge is 0.323 e. The van der Waals surface area contributed by atoms with E-state index in [1.165, 1.54) is 5.56 Å². The molecule has 1 aliphatic carbocycles. The molecular weight excluding hydrogens is 252 g/mol. The van der Waals surface area contributed by atoms with E-state index in [1.54, 1.807) is 24.3 Å². The van der Waals surface area contributed by atoms with Crippen molar-refractivity contribution in [2.75, 3.05) is 0 Å². The fraction of sp³-hybridized carbons (Fsp3) is 0.200. The number of nitrogens with zero attached hydrogens (tertiary/aromatic N) is 2. The molecule has 2 rings (SSSR count). The molecule has 98 valence electrons. The zero-order chi connectivity index (χ0) is 13.7. The van der Waals surface area contributed by atoms with Gasteiger partial charge < -0.3 is 4.67 Å². The van der Waals surface area contributed by atoms with E-state index in [9.17, 15) is 4.79 Å². The normalized spacial score (nSPS) is 14.1. The minimum absolute atomic E-state index is 0.0235. The van der Waals surface area contributed by atoms with Gasteiger partial charge in [-0.2, -0.15) is 5.10 Å². The average Bonchev–Trinajstić information content (AvgIpc) is 2.41. The Morgan fingerprint density at radius 3 is 2.26 bits per heavy atom. The molecule has 3 nitrogen and oxygen atoms in total. The van der Waals surface area contributed by atoms with Crippen molar-refractivity contribution in [1.82, 2.24) is 4.67 Å². The highest BCUT2D eigenvalue weighted by atomic mass is 28.3. The summed E-state index contributed by atoms with van der Waals surface area (Å²) in [6, 6.07) is 10.3. The molecule has 0 N–H and O–H groups in total. The molecule has 0 unspecified atom stereocenters. The third-order valence-corrected chi connectivity index (χ3v) is 4.35. The second kappa shape index (κ2) is 6.29. The van der Waals surface area contributed by atoms with Crippen molar-refractivity contribution >= 4 is 20.5 Å². The van der Waals surface area contributed by atoms with Gasteiger partial charge >= 0.3 is 0 Å². The van der Waals surface area contributed by atoms with Crippen molar-refractivity contribution in [1.29, 1.82) is 0 Å². The van der Waals surface area contributed by atoms with Gasteiger partial charge in [-0.3, -0.25) is 4.79 Å². The Morgan fingerprint density at radius 1 is 1.05 bits per heavy atom. The van der Waals surface area contributed by atoms with Gasteiger partial charge in [-0.25, -0.2) is 0 Å². The molecule has 19 heavy (non-hydrogen) atoms. The number of ketones is 1. The highest BCUT2D eigenvalue weighted by molar-refractivity contribution is 6.52. The first-order valence-corrected chi connectivity index (χ1v) is 9.27. The highest BCUT2D eigenvalue weighted by Gasteiger charge is 2.10. The van der Waals surface area contributed by atoms with Crippen LogP contribution in [0.2, 0.25) is 13.1 Å². The fourth-order valence-electron chi connectivity index (χ4n) is 1.76. The molecule has 1 aromatic carbocycles. The summed E-state index contributed by atoms with van der Waals surface area (Å²) in [6.07, 6.45) is 6.66. The summed E-state index contributed by atoms with van der Waals surface area (Å²) in [5.41, 5.74) is 2.10. The van der Waals surface area contributed by atoms with Gasteiger partial charge in [0.25, 0.3) is 0 Å². The number of carbonyl (C=O) groups is 1. The molecule has 0 amide bonds. The molecular formula is C15H18N2OSi. The average molecular weight is 270 g/mol. The predicted octanol–water partition coefficient (Wildman–Crippen LogP) is 2.52. The summed E-state index contributed by atoms with van der Waals surface area (Å²) in [5, 5.41) is 4.65. The van der Waals surface area contributed by atoms with Crippen LogP contribution in [0.5, 0.6) is 0 Å². The van der Waals surface area contributed by atoms with Crippen LogP contribution in [0.1, 0.15) is 5.56 Å². The van der Waals surface area contributed by atoms with E-state index in [0.717, 1.165) is 12.3 Å². The van der Waals surface area contributed by atoms with Crippen molar-refractivity contribution < 1.29 is 4.79 Å². The Morgan fingerprint density at radius 2 is 1.68 bits per heavy atom. The summed E-state index contributed by atoms with van der Waals surface area (Å²) in [6.45, 7) is 5.31. The monoisotopic (exact) mass is 270 g/mol. The summed E-state index contributed by atoms with van der Waals surface area (Å²) in [5.74, 6) is 0.0235. The van der Waals surface area contributed by atoms with Crippen LogP contribution in [0.15, 0.2) is 59.7 Å². The van der Waals surface area contributed by atoms with Crippen LogP contribution in [0.4, 0.5) is 0 Å². The molecule has 1 aliphatic rings. The van der Waals surface area contributed by atoms with E-state index >= 15 is 0 Å². The molecule has 0 spiro atoms. The summed E-state index contributed by atoms with van der Waals surface area (Å²) in [4.78, 5) is 11.1. The van der Waals surface area contributed by atoms with Gasteiger partial charge in [0, 0.05) is 0 Å². The number of carbonyl (C=O) groups excluding carboxylic acids is 1. The Hall–Kier alpha value is -1.94. The van der Waals surface area contributed by atoms with Crippen molar-refractivity contribution in [2.24, 2.45) is 5.10 Å². The summed E-state index contributed by atoms with van der Waals surface area (Å²) in [7, 11) is -1.05. The van der Waals surface area contributed by atoms with E-state index in [0.29, 0.717) is 0 Å². The van der Waals surface area contributed by atoms with Crippen molar-refractivity contribution in [3.63, 3.8) is 0 Å². The standard InChI is InChI=1S/C15H18N2OSi/c1-19(2)17(12-13-6-4-3-5-7-13)16-14-8-10-15(18)11-9-14/h3-11,19H,12H2,1-2H3. The molecule has 0 fully saturated rings. The van der Waals surface area contributed by atoms with Gasteiger partial charge in [0.2, 0.25) is 0 Å². The fourth-order valence-corrected chi connectivity index (χ4v) is 2.71. The first kappa shape index (κ1) is 13.5. The van der Waals surface area contributed by atoms with Crippen LogP contribution in [-0.4, -0.2) is 25.1 Å². The van der Waals surface area contributed by atoms with Gasteiger partial charge in [-0.1, -0.05) is 43.4 Å². The Labute approximate surface area is 115 Å².